The molecule has 0 aromatic rings. The van der Waals surface area contributed by atoms with Crippen LogP contribution < -0.4 is 0 Å². The molecule has 0 spiro atoms. The second kappa shape index (κ2) is 3.41. The van der Waals surface area contributed by atoms with Crippen LogP contribution in [0.15, 0.2) is 11.1 Å². The first kappa shape index (κ1) is 11.9. The average molecular weight is 264 g/mol. The Bertz CT molecular complexity index is 496. The van der Waals surface area contributed by atoms with Crippen molar-refractivity contribution < 1.29 is 19.0 Å². The molecule has 104 valence electrons. The number of rotatable bonds is 0. The van der Waals surface area contributed by atoms with Crippen molar-refractivity contribution >= 4 is 5.97 Å². The molecule has 0 bridgehead atoms. The second-order valence-electron chi connectivity index (χ2n) is 6.83. The summed E-state index contributed by atoms with van der Waals surface area (Å²) in [7, 11) is 0. The van der Waals surface area contributed by atoms with E-state index < -0.39 is 0 Å². The SMILES string of the molecule is CC1=C2C[C@@H]3O[C@@]3(C)CC[C@@H]3O[C@@]3(C)C[C@@H]2OC1=O. The first-order valence-electron chi connectivity index (χ1n) is 7.18. The summed E-state index contributed by atoms with van der Waals surface area (Å²) in [6, 6.07) is 0. The minimum Gasteiger partial charge on any atom is -0.454 e. The predicted octanol–water partition coefficient (Wildman–Crippen LogP) is 2.12. The third-order valence-electron chi connectivity index (χ3n) is 5.40. The average Bonchev–Trinajstić information content (AvgIpc) is 3.15. The Balaban J connectivity index is 1.66. The number of hydrogen-bond donors (Lipinski definition) is 0. The molecule has 0 unspecified atom stereocenters. The van der Waals surface area contributed by atoms with E-state index in [1.54, 1.807) is 0 Å². The lowest BCUT2D eigenvalue weighted by molar-refractivity contribution is -0.140. The van der Waals surface area contributed by atoms with Crippen LogP contribution in [-0.2, 0) is 19.0 Å². The third-order valence-corrected chi connectivity index (χ3v) is 5.40. The molecule has 4 aliphatic rings. The van der Waals surface area contributed by atoms with Gasteiger partial charge in [-0.05, 0) is 39.2 Å². The van der Waals surface area contributed by atoms with E-state index >= 15 is 0 Å². The summed E-state index contributed by atoms with van der Waals surface area (Å²) in [5.74, 6) is -0.164. The molecule has 0 radical (unpaired) electrons. The van der Waals surface area contributed by atoms with Crippen LogP contribution in [0.1, 0.15) is 46.5 Å². The number of carbonyl (C=O) groups is 1. The van der Waals surface area contributed by atoms with E-state index in [2.05, 4.69) is 13.8 Å². The molecule has 2 saturated heterocycles. The summed E-state index contributed by atoms with van der Waals surface area (Å²) in [6.07, 6.45) is 4.16. The van der Waals surface area contributed by atoms with Crippen molar-refractivity contribution in [3.05, 3.63) is 11.1 Å². The number of hydrogen-bond acceptors (Lipinski definition) is 4. The smallest absolute Gasteiger partial charge is 0.334 e. The molecule has 0 aromatic carbocycles. The lowest BCUT2D eigenvalue weighted by Crippen LogP contribution is -2.25. The molecule has 4 heteroatoms. The quantitative estimate of drug-likeness (QED) is 0.497. The van der Waals surface area contributed by atoms with Gasteiger partial charge in [0.1, 0.15) is 6.10 Å². The molecule has 4 rings (SSSR count). The highest BCUT2D eigenvalue weighted by Gasteiger charge is 2.60. The molecular formula is C15H20O4. The lowest BCUT2D eigenvalue weighted by Gasteiger charge is -2.18. The van der Waals surface area contributed by atoms with E-state index in [0.717, 1.165) is 36.8 Å². The predicted molar refractivity (Wildman–Crippen MR) is 67.6 cm³/mol. The van der Waals surface area contributed by atoms with Gasteiger partial charge in [0.25, 0.3) is 0 Å². The molecule has 4 nitrogen and oxygen atoms in total. The van der Waals surface area contributed by atoms with Crippen LogP contribution >= 0.6 is 0 Å². The van der Waals surface area contributed by atoms with Crippen LogP contribution in [0.2, 0.25) is 0 Å². The van der Waals surface area contributed by atoms with E-state index in [-0.39, 0.29) is 29.4 Å². The van der Waals surface area contributed by atoms with Gasteiger partial charge in [-0.25, -0.2) is 4.79 Å². The van der Waals surface area contributed by atoms with Crippen molar-refractivity contribution in [2.45, 2.75) is 76.0 Å². The van der Waals surface area contributed by atoms with Crippen molar-refractivity contribution in [1.82, 2.24) is 0 Å². The van der Waals surface area contributed by atoms with Crippen LogP contribution in [0.3, 0.4) is 0 Å². The molecule has 3 fully saturated rings. The zero-order valence-electron chi connectivity index (χ0n) is 11.7. The Morgan fingerprint density at radius 2 is 1.89 bits per heavy atom. The molecule has 19 heavy (non-hydrogen) atoms. The normalized spacial score (nSPS) is 51.9. The van der Waals surface area contributed by atoms with Crippen molar-refractivity contribution in [2.75, 3.05) is 0 Å². The second-order valence-corrected chi connectivity index (χ2v) is 6.83. The van der Waals surface area contributed by atoms with Gasteiger partial charge >= 0.3 is 5.97 Å². The molecule has 1 saturated carbocycles. The number of ether oxygens (including phenoxy) is 3. The van der Waals surface area contributed by atoms with Gasteiger partial charge in [-0.15, -0.1) is 0 Å². The van der Waals surface area contributed by atoms with Crippen molar-refractivity contribution in [3.8, 4) is 0 Å². The van der Waals surface area contributed by atoms with Crippen molar-refractivity contribution in [3.63, 3.8) is 0 Å². The van der Waals surface area contributed by atoms with E-state index in [1.165, 1.54) is 0 Å². The van der Waals surface area contributed by atoms with E-state index in [9.17, 15) is 4.79 Å². The zero-order chi connectivity index (χ0) is 13.4. The summed E-state index contributed by atoms with van der Waals surface area (Å²) in [6.45, 7) is 6.17. The summed E-state index contributed by atoms with van der Waals surface area (Å²) < 4.78 is 17.3. The summed E-state index contributed by atoms with van der Waals surface area (Å²) in [5.41, 5.74) is 1.78. The first-order chi connectivity index (χ1) is 8.91. The molecule has 3 aliphatic heterocycles. The van der Waals surface area contributed by atoms with Crippen LogP contribution in [0.5, 0.6) is 0 Å². The maximum atomic E-state index is 11.8. The molecular weight excluding hydrogens is 244 g/mol. The highest BCUT2D eigenvalue weighted by molar-refractivity contribution is 5.91. The Labute approximate surface area is 113 Å². The van der Waals surface area contributed by atoms with Crippen molar-refractivity contribution in [1.29, 1.82) is 0 Å². The van der Waals surface area contributed by atoms with Gasteiger partial charge in [0.15, 0.2) is 0 Å². The monoisotopic (exact) mass is 264 g/mol. The van der Waals surface area contributed by atoms with Gasteiger partial charge in [0.05, 0.1) is 23.4 Å². The van der Waals surface area contributed by atoms with Crippen LogP contribution in [0, 0.1) is 0 Å². The Morgan fingerprint density at radius 3 is 2.68 bits per heavy atom. The van der Waals surface area contributed by atoms with E-state index in [1.807, 2.05) is 6.92 Å². The number of fused-ring (bicyclic) bond motifs is 3. The fourth-order valence-electron chi connectivity index (χ4n) is 3.70. The molecule has 1 aliphatic carbocycles. The first-order valence-corrected chi connectivity index (χ1v) is 7.18. The van der Waals surface area contributed by atoms with Gasteiger partial charge in [0, 0.05) is 18.4 Å². The Morgan fingerprint density at radius 1 is 1.16 bits per heavy atom. The largest absolute Gasteiger partial charge is 0.454 e. The number of epoxide rings is 2. The van der Waals surface area contributed by atoms with Crippen LogP contribution in [-0.4, -0.2) is 35.5 Å². The van der Waals surface area contributed by atoms with Gasteiger partial charge in [-0.3, -0.25) is 0 Å². The topological polar surface area (TPSA) is 51.4 Å². The molecule has 0 N–H and O–H groups in total. The van der Waals surface area contributed by atoms with Crippen LogP contribution in [0.4, 0.5) is 0 Å². The molecule has 3 heterocycles. The molecule has 0 aromatic heterocycles. The van der Waals surface area contributed by atoms with Gasteiger partial charge in [0.2, 0.25) is 0 Å². The summed E-state index contributed by atoms with van der Waals surface area (Å²) in [4.78, 5) is 11.8. The van der Waals surface area contributed by atoms with E-state index in [4.69, 9.17) is 14.2 Å². The maximum absolute atomic E-state index is 11.8. The van der Waals surface area contributed by atoms with E-state index in [0.29, 0.717) is 6.10 Å². The summed E-state index contributed by atoms with van der Waals surface area (Å²) >= 11 is 0. The van der Waals surface area contributed by atoms with Crippen molar-refractivity contribution in [2.24, 2.45) is 0 Å². The molecule has 0 amide bonds. The highest BCUT2D eigenvalue weighted by atomic mass is 16.6. The lowest BCUT2D eigenvalue weighted by atomic mass is 9.85. The fraction of sp³-hybridized carbons (Fsp3) is 0.800. The van der Waals surface area contributed by atoms with Gasteiger partial charge < -0.3 is 14.2 Å². The van der Waals surface area contributed by atoms with Gasteiger partial charge in [-0.2, -0.15) is 0 Å². The molecule has 5 atom stereocenters. The van der Waals surface area contributed by atoms with Gasteiger partial charge in [-0.1, -0.05) is 0 Å². The Kier molecular flexibility index (Phi) is 2.14. The zero-order valence-corrected chi connectivity index (χ0v) is 11.7. The minimum atomic E-state index is -0.164. The maximum Gasteiger partial charge on any atom is 0.334 e. The highest BCUT2D eigenvalue weighted by Crippen LogP contribution is 2.53. The fourth-order valence-corrected chi connectivity index (χ4v) is 3.70. The Hall–Kier alpha value is -0.870. The number of esters is 1. The third kappa shape index (κ3) is 1.69. The summed E-state index contributed by atoms with van der Waals surface area (Å²) in [5, 5.41) is 0. The standard InChI is InChI=1S/C15H20O4/c1-8-9-6-12-14(2,19-12)5-4-11-15(3,18-11)7-10(9)17-13(8)16/h10-12H,4-7H2,1-3H3/t10-,11-,12-,14-,15-/m0/s1. The minimum absolute atomic E-state index is 0.0202. The number of carbonyl (C=O) groups excluding carboxylic acids is 1. The van der Waals surface area contributed by atoms with Crippen LogP contribution in [0.25, 0.3) is 0 Å².